The van der Waals surface area contributed by atoms with E-state index in [1.807, 2.05) is 38.1 Å². The van der Waals surface area contributed by atoms with E-state index in [0.717, 1.165) is 41.1 Å². The second kappa shape index (κ2) is 13.3. The van der Waals surface area contributed by atoms with Gasteiger partial charge in [-0.3, -0.25) is 13.9 Å². The summed E-state index contributed by atoms with van der Waals surface area (Å²) in [5.41, 5.74) is 2.29. The lowest BCUT2D eigenvalue weighted by Crippen LogP contribution is -2.53. The van der Waals surface area contributed by atoms with E-state index in [9.17, 15) is 18.0 Å². The Morgan fingerprint density at radius 3 is 2.17 bits per heavy atom. The lowest BCUT2D eigenvalue weighted by Gasteiger charge is -2.33. The molecule has 1 aliphatic carbocycles. The maximum atomic E-state index is 14.1. The summed E-state index contributed by atoms with van der Waals surface area (Å²) in [5.74, 6) is -0.669. The molecule has 7 nitrogen and oxygen atoms in total. The number of nitrogens with one attached hydrogen (secondary N) is 1. The van der Waals surface area contributed by atoms with Crippen LogP contribution in [0.1, 0.15) is 50.2 Å². The van der Waals surface area contributed by atoms with Gasteiger partial charge in [0.25, 0.3) is 10.0 Å². The van der Waals surface area contributed by atoms with Crippen LogP contribution in [0.5, 0.6) is 0 Å². The Labute approximate surface area is 242 Å². The predicted octanol–water partition coefficient (Wildman–Crippen LogP) is 5.71. The molecule has 3 aromatic carbocycles. The number of sulfonamides is 1. The SMILES string of the molecule is CCC(C(=O)NC1CCCC1)N(Cc1ccc(C)cc1)C(=O)CN(c1ccccc1)S(=O)(=O)c1ccc(Cl)cc1. The van der Waals surface area contributed by atoms with Gasteiger partial charge in [-0.05, 0) is 68.1 Å². The fourth-order valence-electron chi connectivity index (χ4n) is 5.03. The van der Waals surface area contributed by atoms with Crippen molar-refractivity contribution in [1.82, 2.24) is 10.2 Å². The maximum absolute atomic E-state index is 14.1. The van der Waals surface area contributed by atoms with Crippen molar-refractivity contribution in [2.75, 3.05) is 10.8 Å². The van der Waals surface area contributed by atoms with E-state index >= 15 is 0 Å². The highest BCUT2D eigenvalue weighted by Crippen LogP contribution is 2.26. The molecule has 1 fully saturated rings. The van der Waals surface area contributed by atoms with Crippen molar-refractivity contribution in [3.63, 3.8) is 0 Å². The van der Waals surface area contributed by atoms with Crippen molar-refractivity contribution in [3.05, 3.63) is 95.0 Å². The first-order valence-electron chi connectivity index (χ1n) is 13.7. The zero-order valence-corrected chi connectivity index (χ0v) is 24.5. The second-order valence-corrected chi connectivity index (χ2v) is 12.5. The van der Waals surface area contributed by atoms with Crippen molar-refractivity contribution in [3.8, 4) is 0 Å². The van der Waals surface area contributed by atoms with Gasteiger partial charge in [0.2, 0.25) is 11.8 Å². The van der Waals surface area contributed by atoms with Crippen LogP contribution in [0, 0.1) is 6.92 Å². The molecule has 3 aromatic rings. The van der Waals surface area contributed by atoms with E-state index < -0.39 is 28.5 Å². The molecule has 0 heterocycles. The number of aryl methyl sites for hydroxylation is 1. The highest BCUT2D eigenvalue weighted by atomic mass is 35.5. The summed E-state index contributed by atoms with van der Waals surface area (Å²) < 4.78 is 28.8. The van der Waals surface area contributed by atoms with Gasteiger partial charge in [0.15, 0.2) is 0 Å². The number of halogens is 1. The minimum atomic E-state index is -4.12. The standard InChI is InChI=1S/C31H36ClN3O4S/c1-3-29(31(37)33-26-9-7-8-10-26)34(21-24-15-13-23(2)14-16-24)30(36)22-35(27-11-5-4-6-12-27)40(38,39)28-19-17-25(32)18-20-28/h4-6,11-20,26,29H,3,7-10,21-22H2,1-2H3,(H,33,37). The molecular formula is C31H36ClN3O4S. The fourth-order valence-corrected chi connectivity index (χ4v) is 6.57. The van der Waals surface area contributed by atoms with Crippen LogP contribution in [0.2, 0.25) is 5.02 Å². The van der Waals surface area contributed by atoms with E-state index in [1.54, 1.807) is 30.3 Å². The molecule has 0 radical (unpaired) electrons. The van der Waals surface area contributed by atoms with E-state index in [2.05, 4.69) is 5.32 Å². The number of benzene rings is 3. The van der Waals surface area contributed by atoms with Gasteiger partial charge in [-0.15, -0.1) is 0 Å². The summed E-state index contributed by atoms with van der Waals surface area (Å²) in [6, 6.07) is 21.5. The first-order chi connectivity index (χ1) is 19.2. The summed E-state index contributed by atoms with van der Waals surface area (Å²) in [4.78, 5) is 29.1. The molecule has 0 spiro atoms. The Morgan fingerprint density at radius 1 is 0.950 bits per heavy atom. The van der Waals surface area contributed by atoms with Gasteiger partial charge < -0.3 is 10.2 Å². The third-order valence-electron chi connectivity index (χ3n) is 7.29. The summed E-state index contributed by atoms with van der Waals surface area (Å²) >= 11 is 6.01. The Bertz CT molecular complexity index is 1390. The molecule has 1 unspecified atom stereocenters. The summed E-state index contributed by atoms with van der Waals surface area (Å²) in [7, 11) is -4.12. The van der Waals surface area contributed by atoms with E-state index in [1.165, 1.54) is 29.2 Å². The fraction of sp³-hybridized carbons (Fsp3) is 0.355. The van der Waals surface area contributed by atoms with Crippen molar-refractivity contribution in [2.45, 2.75) is 69.5 Å². The second-order valence-electron chi connectivity index (χ2n) is 10.2. The highest BCUT2D eigenvalue weighted by Gasteiger charge is 2.34. The average Bonchev–Trinajstić information content (AvgIpc) is 3.46. The van der Waals surface area contributed by atoms with E-state index in [0.29, 0.717) is 17.1 Å². The number of hydrogen-bond donors (Lipinski definition) is 1. The molecule has 2 amide bonds. The lowest BCUT2D eigenvalue weighted by molar-refractivity contribution is -0.140. The molecule has 0 aliphatic heterocycles. The molecular weight excluding hydrogens is 546 g/mol. The smallest absolute Gasteiger partial charge is 0.264 e. The van der Waals surface area contributed by atoms with Gasteiger partial charge in [0.05, 0.1) is 10.6 Å². The van der Waals surface area contributed by atoms with Crippen LogP contribution in [0.3, 0.4) is 0 Å². The Balaban J connectivity index is 1.68. The Morgan fingerprint density at radius 2 is 1.57 bits per heavy atom. The monoisotopic (exact) mass is 581 g/mol. The predicted molar refractivity (Wildman–Crippen MR) is 159 cm³/mol. The third-order valence-corrected chi connectivity index (χ3v) is 9.33. The van der Waals surface area contributed by atoms with E-state index in [4.69, 9.17) is 11.6 Å². The molecule has 0 bridgehead atoms. The summed E-state index contributed by atoms with van der Waals surface area (Å²) in [6.07, 6.45) is 4.39. The number of anilines is 1. The molecule has 40 heavy (non-hydrogen) atoms. The zero-order chi connectivity index (χ0) is 28.7. The lowest BCUT2D eigenvalue weighted by atomic mass is 10.1. The molecule has 1 aliphatic rings. The number of rotatable bonds is 11. The first-order valence-corrected chi connectivity index (χ1v) is 15.5. The van der Waals surface area contributed by atoms with Crippen LogP contribution < -0.4 is 9.62 Å². The quantitative estimate of drug-likeness (QED) is 0.314. The number of carbonyl (C=O) groups excluding carboxylic acids is 2. The minimum Gasteiger partial charge on any atom is -0.352 e. The third kappa shape index (κ3) is 7.23. The van der Waals surface area contributed by atoms with E-state index in [-0.39, 0.29) is 23.4 Å². The number of hydrogen-bond acceptors (Lipinski definition) is 4. The van der Waals surface area contributed by atoms with Gasteiger partial charge in [0.1, 0.15) is 12.6 Å². The van der Waals surface area contributed by atoms with Gasteiger partial charge in [-0.1, -0.05) is 79.4 Å². The molecule has 212 valence electrons. The van der Waals surface area contributed by atoms with Gasteiger partial charge in [-0.2, -0.15) is 0 Å². The van der Waals surface area contributed by atoms with Gasteiger partial charge in [-0.25, -0.2) is 8.42 Å². The molecule has 1 N–H and O–H groups in total. The molecule has 4 rings (SSSR count). The number of para-hydroxylation sites is 1. The van der Waals surface area contributed by atoms with Crippen molar-refractivity contribution < 1.29 is 18.0 Å². The maximum Gasteiger partial charge on any atom is 0.264 e. The molecule has 0 aromatic heterocycles. The summed E-state index contributed by atoms with van der Waals surface area (Å²) in [6.45, 7) is 3.57. The van der Waals surface area contributed by atoms with Crippen LogP contribution in [0.15, 0.2) is 83.8 Å². The summed E-state index contributed by atoms with van der Waals surface area (Å²) in [5, 5.41) is 3.54. The Hall–Kier alpha value is -3.36. The topological polar surface area (TPSA) is 86.8 Å². The normalized spacial score (nSPS) is 14.5. The van der Waals surface area contributed by atoms with Crippen LogP contribution in [-0.4, -0.2) is 43.8 Å². The molecule has 1 saturated carbocycles. The van der Waals surface area contributed by atoms with Gasteiger partial charge >= 0.3 is 0 Å². The zero-order valence-electron chi connectivity index (χ0n) is 22.9. The molecule has 1 atom stereocenters. The van der Waals surface area contributed by atoms with Crippen LogP contribution in [0.25, 0.3) is 0 Å². The largest absolute Gasteiger partial charge is 0.352 e. The average molecular weight is 582 g/mol. The number of amides is 2. The van der Waals surface area contributed by atoms with Crippen LogP contribution in [0.4, 0.5) is 5.69 Å². The van der Waals surface area contributed by atoms with Crippen molar-refractivity contribution in [1.29, 1.82) is 0 Å². The number of nitrogens with zero attached hydrogens (tertiary/aromatic N) is 2. The number of carbonyl (C=O) groups is 2. The van der Waals surface area contributed by atoms with Gasteiger partial charge in [0, 0.05) is 17.6 Å². The van der Waals surface area contributed by atoms with Crippen molar-refractivity contribution in [2.24, 2.45) is 0 Å². The highest BCUT2D eigenvalue weighted by molar-refractivity contribution is 7.92. The molecule has 0 saturated heterocycles. The molecule has 9 heteroatoms. The minimum absolute atomic E-state index is 0.0182. The van der Waals surface area contributed by atoms with Crippen molar-refractivity contribution >= 4 is 39.1 Å². The van der Waals surface area contributed by atoms with Crippen LogP contribution >= 0.6 is 11.6 Å². The Kier molecular flexibility index (Phi) is 9.87. The first kappa shape index (κ1) is 29.6. The van der Waals surface area contributed by atoms with Crippen LogP contribution in [-0.2, 0) is 26.2 Å².